The molecule has 1 amide bonds. The lowest BCUT2D eigenvalue weighted by atomic mass is 10.1. The van der Waals surface area contributed by atoms with Crippen LogP contribution in [0.1, 0.15) is 5.56 Å². The number of halogens is 2. The quantitative estimate of drug-likeness (QED) is 0.707. The molecule has 0 unspecified atom stereocenters. The largest absolute Gasteiger partial charge is 0.465 e. The Balaban J connectivity index is 2.11. The van der Waals surface area contributed by atoms with Crippen LogP contribution in [0.4, 0.5) is 13.6 Å². The summed E-state index contributed by atoms with van der Waals surface area (Å²) in [7, 11) is -4.32. The highest BCUT2D eigenvalue weighted by Gasteiger charge is 2.24. The second-order valence-electron chi connectivity index (χ2n) is 5.40. The molecule has 0 radical (unpaired) electrons. The Morgan fingerprint density at radius 3 is 2.73 bits per heavy atom. The van der Waals surface area contributed by atoms with E-state index in [0.717, 1.165) is 16.1 Å². The van der Waals surface area contributed by atoms with E-state index in [2.05, 4.69) is 10.3 Å². The van der Waals surface area contributed by atoms with Crippen LogP contribution in [0.3, 0.4) is 0 Å². The number of rotatable bonds is 5. The van der Waals surface area contributed by atoms with Gasteiger partial charge in [-0.25, -0.2) is 26.0 Å². The first kappa shape index (κ1) is 17.8. The summed E-state index contributed by atoms with van der Waals surface area (Å²) in [4.78, 5) is 13.9. The van der Waals surface area contributed by atoms with Crippen molar-refractivity contribution in [3.05, 3.63) is 60.1 Å². The van der Waals surface area contributed by atoms with Gasteiger partial charge in [-0.1, -0.05) is 0 Å². The molecule has 0 spiro atoms. The summed E-state index contributed by atoms with van der Waals surface area (Å²) < 4.78 is 53.7. The number of hydrogen-bond acceptors (Lipinski definition) is 4. The molecule has 0 aliphatic heterocycles. The van der Waals surface area contributed by atoms with Gasteiger partial charge in [0.05, 0.1) is 5.52 Å². The number of amides is 1. The van der Waals surface area contributed by atoms with E-state index in [-0.39, 0.29) is 18.5 Å². The zero-order chi connectivity index (χ0) is 18.9. The summed E-state index contributed by atoms with van der Waals surface area (Å²) in [5.74, 6) is -2.08. The fourth-order valence-electron chi connectivity index (χ4n) is 2.60. The molecule has 3 rings (SSSR count). The molecule has 0 fully saturated rings. The second kappa shape index (κ2) is 6.71. The van der Waals surface area contributed by atoms with Crippen molar-refractivity contribution in [1.82, 2.24) is 14.3 Å². The van der Waals surface area contributed by atoms with Gasteiger partial charge >= 0.3 is 6.09 Å². The van der Waals surface area contributed by atoms with E-state index >= 15 is 0 Å². The Bertz CT molecular complexity index is 1100. The number of carboxylic acid groups (broad SMARTS) is 1. The van der Waals surface area contributed by atoms with Crippen LogP contribution in [-0.4, -0.2) is 35.1 Å². The molecule has 0 aliphatic carbocycles. The number of hydrogen-bond donors (Lipinski definition) is 2. The van der Waals surface area contributed by atoms with Crippen molar-refractivity contribution in [1.29, 1.82) is 0 Å². The van der Waals surface area contributed by atoms with Crippen molar-refractivity contribution < 1.29 is 27.1 Å². The average molecular weight is 381 g/mol. The molecular weight excluding hydrogens is 368 g/mol. The summed E-state index contributed by atoms with van der Waals surface area (Å²) in [5, 5.41) is 11.3. The lowest BCUT2D eigenvalue weighted by molar-refractivity contribution is 0.194. The second-order valence-corrected chi connectivity index (χ2v) is 7.19. The molecule has 1 aromatic carbocycles. The van der Waals surface area contributed by atoms with Crippen LogP contribution in [0.25, 0.3) is 10.9 Å². The van der Waals surface area contributed by atoms with Gasteiger partial charge in [-0.2, -0.15) is 0 Å². The van der Waals surface area contributed by atoms with E-state index in [1.54, 1.807) is 0 Å². The zero-order valence-electron chi connectivity index (χ0n) is 13.2. The van der Waals surface area contributed by atoms with E-state index in [1.807, 2.05) is 0 Å². The maximum atomic E-state index is 14.0. The molecule has 10 heteroatoms. The van der Waals surface area contributed by atoms with E-state index < -0.39 is 32.6 Å². The van der Waals surface area contributed by atoms with Gasteiger partial charge in [0.15, 0.2) is 0 Å². The third kappa shape index (κ3) is 3.23. The van der Waals surface area contributed by atoms with Crippen LogP contribution in [0.5, 0.6) is 0 Å². The maximum absolute atomic E-state index is 14.0. The summed E-state index contributed by atoms with van der Waals surface area (Å²) in [6, 6.07) is 3.67. The van der Waals surface area contributed by atoms with Gasteiger partial charge in [-0.15, -0.1) is 0 Å². The molecule has 0 atom stereocenters. The van der Waals surface area contributed by atoms with E-state index in [1.165, 1.54) is 24.7 Å². The van der Waals surface area contributed by atoms with E-state index in [0.29, 0.717) is 17.0 Å². The normalized spacial score (nSPS) is 11.6. The van der Waals surface area contributed by atoms with Gasteiger partial charge in [-0.05, 0) is 30.2 Å². The van der Waals surface area contributed by atoms with Gasteiger partial charge in [-0.3, -0.25) is 4.98 Å². The van der Waals surface area contributed by atoms with Crippen LogP contribution in [0.2, 0.25) is 0 Å². The molecule has 136 valence electrons. The SMILES string of the molecule is O=C(O)NCCc1cn(S(=O)(=O)c2ccc(F)cc2F)c2ccncc12. The number of aromatic nitrogens is 2. The summed E-state index contributed by atoms with van der Waals surface area (Å²) in [6.45, 7) is 0.0638. The van der Waals surface area contributed by atoms with Gasteiger partial charge in [0, 0.05) is 36.6 Å². The minimum absolute atomic E-state index is 0.0638. The third-order valence-electron chi connectivity index (χ3n) is 3.76. The van der Waals surface area contributed by atoms with Crippen LogP contribution in [0, 0.1) is 11.6 Å². The predicted octanol–water partition coefficient (Wildman–Crippen LogP) is 2.36. The Labute approximate surface area is 147 Å². The van der Waals surface area contributed by atoms with Crippen LogP contribution < -0.4 is 5.32 Å². The first-order valence-electron chi connectivity index (χ1n) is 7.42. The number of nitrogens with one attached hydrogen (secondary N) is 1. The minimum atomic E-state index is -4.32. The molecule has 2 heterocycles. The molecule has 0 saturated heterocycles. The molecule has 2 N–H and O–H groups in total. The summed E-state index contributed by atoms with van der Waals surface area (Å²) in [5.41, 5.74) is 0.780. The number of benzene rings is 1. The summed E-state index contributed by atoms with van der Waals surface area (Å²) in [6.07, 6.45) is 3.12. The van der Waals surface area contributed by atoms with E-state index in [4.69, 9.17) is 5.11 Å². The van der Waals surface area contributed by atoms with Crippen molar-refractivity contribution in [3.8, 4) is 0 Å². The van der Waals surface area contributed by atoms with Crippen LogP contribution in [0.15, 0.2) is 47.8 Å². The molecule has 7 nitrogen and oxygen atoms in total. The third-order valence-corrected chi connectivity index (χ3v) is 5.46. The summed E-state index contributed by atoms with van der Waals surface area (Å²) >= 11 is 0. The van der Waals surface area contributed by atoms with Crippen molar-refractivity contribution in [2.45, 2.75) is 11.3 Å². The van der Waals surface area contributed by atoms with Crippen LogP contribution in [-0.2, 0) is 16.4 Å². The zero-order valence-corrected chi connectivity index (χ0v) is 14.0. The highest BCUT2D eigenvalue weighted by atomic mass is 32.2. The van der Waals surface area contributed by atoms with Gasteiger partial charge < -0.3 is 10.4 Å². The van der Waals surface area contributed by atoms with E-state index in [9.17, 15) is 22.0 Å². The molecule has 0 saturated carbocycles. The van der Waals surface area contributed by atoms with Crippen molar-refractivity contribution in [3.63, 3.8) is 0 Å². The lowest BCUT2D eigenvalue weighted by Crippen LogP contribution is -2.23. The van der Waals surface area contributed by atoms with Crippen molar-refractivity contribution in [2.24, 2.45) is 0 Å². The fraction of sp³-hybridized carbons (Fsp3) is 0.125. The number of pyridine rings is 1. The lowest BCUT2D eigenvalue weighted by Gasteiger charge is -2.08. The Hall–Kier alpha value is -3.01. The number of carbonyl (C=O) groups is 1. The smallest absolute Gasteiger partial charge is 0.404 e. The van der Waals surface area contributed by atoms with Crippen LogP contribution >= 0.6 is 0 Å². The standard InChI is InChI=1S/C16H13F2N3O4S/c17-11-1-2-15(13(18)7-11)26(24,25)21-9-10(3-6-20-16(22)23)12-8-19-5-4-14(12)21/h1-2,4-5,7-9,20H,3,6H2,(H,22,23). The molecule has 26 heavy (non-hydrogen) atoms. The highest BCUT2D eigenvalue weighted by molar-refractivity contribution is 7.90. The topological polar surface area (TPSA) is 101 Å². The Kier molecular flexibility index (Phi) is 4.60. The van der Waals surface area contributed by atoms with Gasteiger partial charge in [0.25, 0.3) is 10.0 Å². The average Bonchev–Trinajstić information content (AvgIpc) is 2.94. The van der Waals surface area contributed by atoms with Crippen molar-refractivity contribution in [2.75, 3.05) is 6.54 Å². The maximum Gasteiger partial charge on any atom is 0.404 e. The minimum Gasteiger partial charge on any atom is -0.465 e. The molecule has 2 aromatic heterocycles. The molecule has 0 aliphatic rings. The molecule has 0 bridgehead atoms. The van der Waals surface area contributed by atoms with Gasteiger partial charge in [0.1, 0.15) is 16.5 Å². The first-order chi connectivity index (χ1) is 12.3. The Morgan fingerprint density at radius 1 is 1.27 bits per heavy atom. The first-order valence-corrected chi connectivity index (χ1v) is 8.86. The number of nitrogens with zero attached hydrogens (tertiary/aromatic N) is 2. The van der Waals surface area contributed by atoms with Crippen molar-refractivity contribution >= 4 is 27.0 Å². The Morgan fingerprint density at radius 2 is 2.04 bits per heavy atom. The van der Waals surface area contributed by atoms with Gasteiger partial charge in [0.2, 0.25) is 0 Å². The molecular formula is C16H13F2N3O4S. The monoisotopic (exact) mass is 381 g/mol. The number of fused-ring (bicyclic) bond motifs is 1. The predicted molar refractivity (Wildman–Crippen MR) is 88.4 cm³/mol. The highest BCUT2D eigenvalue weighted by Crippen LogP contribution is 2.27. The fourth-order valence-corrected chi connectivity index (χ4v) is 4.04. The molecule has 3 aromatic rings.